The Balaban J connectivity index is 2.17. The van der Waals surface area contributed by atoms with Crippen molar-refractivity contribution in [1.82, 2.24) is 9.78 Å². The molecule has 0 aliphatic heterocycles. The van der Waals surface area contributed by atoms with E-state index in [1.807, 2.05) is 38.1 Å². The molecule has 0 fully saturated rings. The first-order valence-corrected chi connectivity index (χ1v) is 6.53. The first-order valence-electron chi connectivity index (χ1n) is 6.53. The third-order valence-electron chi connectivity index (χ3n) is 2.69. The Labute approximate surface area is 118 Å². The Kier molecular flexibility index (Phi) is 4.35. The van der Waals surface area contributed by atoms with Gasteiger partial charge in [0.1, 0.15) is 5.75 Å². The summed E-state index contributed by atoms with van der Waals surface area (Å²) in [7, 11) is 1.78. The zero-order chi connectivity index (χ0) is 14.5. The van der Waals surface area contributed by atoms with Gasteiger partial charge < -0.3 is 4.74 Å². The highest BCUT2D eigenvalue weighted by atomic mass is 16.5. The first-order chi connectivity index (χ1) is 9.56. The molecule has 1 heterocycles. The maximum atomic E-state index is 12.0. The molecule has 0 saturated heterocycles. The van der Waals surface area contributed by atoms with Gasteiger partial charge in [-0.2, -0.15) is 5.10 Å². The second-order valence-corrected chi connectivity index (χ2v) is 4.80. The van der Waals surface area contributed by atoms with E-state index in [4.69, 9.17) is 4.74 Å². The van der Waals surface area contributed by atoms with Crippen molar-refractivity contribution in [1.29, 1.82) is 0 Å². The third kappa shape index (κ3) is 3.57. The predicted octanol–water partition coefficient (Wildman–Crippen LogP) is 3.10. The van der Waals surface area contributed by atoms with Crippen molar-refractivity contribution in [3.05, 3.63) is 53.9 Å². The summed E-state index contributed by atoms with van der Waals surface area (Å²) >= 11 is 0. The zero-order valence-corrected chi connectivity index (χ0v) is 11.9. The number of hydrogen-bond acceptors (Lipinski definition) is 3. The molecule has 4 nitrogen and oxygen atoms in total. The molecule has 0 spiro atoms. The number of ketones is 1. The summed E-state index contributed by atoms with van der Waals surface area (Å²) in [4.78, 5) is 12.0. The number of carbonyl (C=O) groups excluding carboxylic acids is 1. The van der Waals surface area contributed by atoms with Crippen molar-refractivity contribution >= 4 is 11.9 Å². The van der Waals surface area contributed by atoms with Crippen LogP contribution in [-0.4, -0.2) is 21.7 Å². The lowest BCUT2D eigenvalue weighted by Crippen LogP contribution is -2.06. The first kappa shape index (κ1) is 14.1. The van der Waals surface area contributed by atoms with E-state index < -0.39 is 0 Å². The van der Waals surface area contributed by atoms with Gasteiger partial charge in [-0.1, -0.05) is 18.2 Å². The number of ether oxygens (including phenoxy) is 1. The van der Waals surface area contributed by atoms with Gasteiger partial charge in [0, 0.05) is 18.8 Å². The van der Waals surface area contributed by atoms with Crippen LogP contribution in [-0.2, 0) is 7.05 Å². The van der Waals surface area contributed by atoms with Crippen LogP contribution in [0.5, 0.6) is 5.75 Å². The number of para-hydroxylation sites is 1. The lowest BCUT2D eigenvalue weighted by atomic mass is 10.1. The number of benzene rings is 1. The molecule has 20 heavy (non-hydrogen) atoms. The molecule has 0 saturated carbocycles. The van der Waals surface area contributed by atoms with Gasteiger partial charge in [-0.15, -0.1) is 0 Å². The Bertz CT molecular complexity index is 627. The molecule has 0 amide bonds. The monoisotopic (exact) mass is 270 g/mol. The minimum atomic E-state index is -0.0718. The molecule has 4 heteroatoms. The smallest absolute Gasteiger partial charge is 0.189 e. The van der Waals surface area contributed by atoms with E-state index in [0.717, 1.165) is 11.3 Å². The van der Waals surface area contributed by atoms with Crippen LogP contribution in [0, 0.1) is 0 Å². The minimum Gasteiger partial charge on any atom is -0.490 e. The van der Waals surface area contributed by atoms with Crippen LogP contribution in [0.1, 0.15) is 29.8 Å². The number of aryl methyl sites for hydroxylation is 1. The van der Waals surface area contributed by atoms with E-state index in [0.29, 0.717) is 5.56 Å². The summed E-state index contributed by atoms with van der Waals surface area (Å²) in [6.45, 7) is 3.95. The number of carbonyl (C=O) groups is 1. The third-order valence-corrected chi connectivity index (χ3v) is 2.69. The van der Waals surface area contributed by atoms with Gasteiger partial charge >= 0.3 is 0 Å². The molecular formula is C16H18N2O2. The second-order valence-electron chi connectivity index (χ2n) is 4.80. The van der Waals surface area contributed by atoms with Crippen molar-refractivity contribution in [2.75, 3.05) is 0 Å². The SMILES string of the molecule is CC(C)Oc1ccccc1C=CC(=O)c1cnn(C)c1. The molecule has 2 rings (SSSR count). The molecule has 2 aromatic rings. The van der Waals surface area contributed by atoms with E-state index in [1.54, 1.807) is 36.3 Å². The van der Waals surface area contributed by atoms with Crippen molar-refractivity contribution < 1.29 is 9.53 Å². The Hall–Kier alpha value is -2.36. The molecule has 104 valence electrons. The Morgan fingerprint density at radius 2 is 2.10 bits per heavy atom. The summed E-state index contributed by atoms with van der Waals surface area (Å²) in [6.07, 6.45) is 6.66. The fraction of sp³-hybridized carbons (Fsp3) is 0.250. The van der Waals surface area contributed by atoms with Crippen LogP contribution in [0.2, 0.25) is 0 Å². The molecule has 0 radical (unpaired) electrons. The normalized spacial score (nSPS) is 11.2. The number of hydrogen-bond donors (Lipinski definition) is 0. The van der Waals surface area contributed by atoms with Crippen molar-refractivity contribution in [3.63, 3.8) is 0 Å². The van der Waals surface area contributed by atoms with E-state index in [2.05, 4.69) is 5.10 Å². The predicted molar refractivity (Wildman–Crippen MR) is 78.8 cm³/mol. The van der Waals surface area contributed by atoms with Gasteiger partial charge in [0.15, 0.2) is 5.78 Å². The summed E-state index contributed by atoms with van der Waals surface area (Å²) in [5, 5.41) is 3.99. The fourth-order valence-corrected chi connectivity index (χ4v) is 1.79. The summed E-state index contributed by atoms with van der Waals surface area (Å²) in [5.41, 5.74) is 1.46. The van der Waals surface area contributed by atoms with Gasteiger partial charge in [0.05, 0.1) is 17.9 Å². The summed E-state index contributed by atoms with van der Waals surface area (Å²) in [5.74, 6) is 0.704. The lowest BCUT2D eigenvalue weighted by Gasteiger charge is -2.11. The second kappa shape index (κ2) is 6.19. The van der Waals surface area contributed by atoms with Crippen LogP contribution < -0.4 is 4.74 Å². The molecule has 1 aromatic heterocycles. The maximum Gasteiger partial charge on any atom is 0.189 e. The molecule has 0 unspecified atom stereocenters. The molecule has 0 N–H and O–H groups in total. The van der Waals surface area contributed by atoms with Crippen molar-refractivity contribution in [2.24, 2.45) is 7.05 Å². The standard InChI is InChI=1S/C16H18N2O2/c1-12(2)20-16-7-5-4-6-13(16)8-9-15(19)14-10-17-18(3)11-14/h4-12H,1-3H3. The number of rotatable bonds is 5. The minimum absolute atomic E-state index is 0.0718. The topological polar surface area (TPSA) is 44.1 Å². The number of nitrogens with zero attached hydrogens (tertiary/aromatic N) is 2. The van der Waals surface area contributed by atoms with Crippen molar-refractivity contribution in [2.45, 2.75) is 20.0 Å². The molecular weight excluding hydrogens is 252 g/mol. The van der Waals surface area contributed by atoms with Gasteiger partial charge in [-0.25, -0.2) is 0 Å². The Morgan fingerprint density at radius 3 is 2.75 bits per heavy atom. The van der Waals surface area contributed by atoms with Crippen LogP contribution >= 0.6 is 0 Å². The highest BCUT2D eigenvalue weighted by molar-refractivity contribution is 6.06. The summed E-state index contributed by atoms with van der Waals surface area (Å²) in [6, 6.07) is 7.65. The number of allylic oxidation sites excluding steroid dienone is 1. The molecule has 0 bridgehead atoms. The molecule has 0 aliphatic carbocycles. The van der Waals surface area contributed by atoms with Gasteiger partial charge in [0.2, 0.25) is 0 Å². The highest BCUT2D eigenvalue weighted by Gasteiger charge is 2.06. The quantitative estimate of drug-likeness (QED) is 0.619. The van der Waals surface area contributed by atoms with Crippen LogP contribution in [0.3, 0.4) is 0 Å². The maximum absolute atomic E-state index is 12.0. The van der Waals surface area contributed by atoms with E-state index in [1.165, 1.54) is 0 Å². The largest absolute Gasteiger partial charge is 0.490 e. The van der Waals surface area contributed by atoms with E-state index >= 15 is 0 Å². The highest BCUT2D eigenvalue weighted by Crippen LogP contribution is 2.21. The lowest BCUT2D eigenvalue weighted by molar-refractivity contribution is 0.104. The fourth-order valence-electron chi connectivity index (χ4n) is 1.79. The molecule has 1 aromatic carbocycles. The summed E-state index contributed by atoms with van der Waals surface area (Å²) < 4.78 is 7.32. The zero-order valence-electron chi connectivity index (χ0n) is 11.9. The average molecular weight is 270 g/mol. The van der Waals surface area contributed by atoms with Gasteiger partial charge in [0.25, 0.3) is 0 Å². The van der Waals surface area contributed by atoms with Crippen LogP contribution in [0.25, 0.3) is 6.08 Å². The van der Waals surface area contributed by atoms with E-state index in [-0.39, 0.29) is 11.9 Å². The Morgan fingerprint density at radius 1 is 1.35 bits per heavy atom. The van der Waals surface area contributed by atoms with Gasteiger partial charge in [-0.05, 0) is 32.1 Å². The van der Waals surface area contributed by atoms with Gasteiger partial charge in [-0.3, -0.25) is 9.48 Å². The average Bonchev–Trinajstić information content (AvgIpc) is 2.83. The van der Waals surface area contributed by atoms with Crippen LogP contribution in [0.15, 0.2) is 42.7 Å². The van der Waals surface area contributed by atoms with E-state index in [9.17, 15) is 4.79 Å². The molecule has 0 atom stereocenters. The number of aromatic nitrogens is 2. The molecule has 0 aliphatic rings. The van der Waals surface area contributed by atoms with Crippen molar-refractivity contribution in [3.8, 4) is 5.75 Å². The van der Waals surface area contributed by atoms with Crippen LogP contribution in [0.4, 0.5) is 0 Å².